The number of esters is 1. The molecule has 1 aromatic carbocycles. The van der Waals surface area contributed by atoms with Crippen molar-refractivity contribution in [3.8, 4) is 0 Å². The van der Waals surface area contributed by atoms with Crippen LogP contribution in [0.1, 0.15) is 143 Å². The summed E-state index contributed by atoms with van der Waals surface area (Å²) in [6, 6.07) is 3.90. The quantitative estimate of drug-likeness (QED) is 0.0773. The summed E-state index contributed by atoms with van der Waals surface area (Å²) in [6.07, 6.45) is 19.9. The Labute approximate surface area is 268 Å². The third-order valence-corrected chi connectivity index (χ3v) is 8.51. The summed E-state index contributed by atoms with van der Waals surface area (Å²) >= 11 is 0. The number of anilines is 1. The van der Waals surface area contributed by atoms with Gasteiger partial charge in [-0.25, -0.2) is 0 Å². The van der Waals surface area contributed by atoms with Crippen molar-refractivity contribution in [2.75, 3.05) is 31.7 Å². The summed E-state index contributed by atoms with van der Waals surface area (Å²) in [6.45, 7) is 3.38. The van der Waals surface area contributed by atoms with Crippen LogP contribution in [-0.4, -0.2) is 66.9 Å². The summed E-state index contributed by atoms with van der Waals surface area (Å²) in [5.74, 6) is -2.36. The van der Waals surface area contributed by atoms with Crippen LogP contribution in [0, 0.1) is 0 Å². The third kappa shape index (κ3) is 12.2. The highest BCUT2D eigenvalue weighted by atomic mass is 16.6. The van der Waals surface area contributed by atoms with Crippen LogP contribution >= 0.6 is 0 Å². The highest BCUT2D eigenvalue weighted by Crippen LogP contribution is 2.32. The largest absolute Gasteiger partial charge is 0.463 e. The number of hydrogen-bond donors (Lipinski definition) is 2. The number of piperidine rings is 1. The van der Waals surface area contributed by atoms with Crippen LogP contribution < -0.4 is 10.6 Å². The summed E-state index contributed by atoms with van der Waals surface area (Å²) in [7, 11) is 0. The predicted octanol–water partition coefficient (Wildman–Crippen LogP) is 6.32. The van der Waals surface area contributed by atoms with E-state index in [1.165, 1.54) is 83.5 Å². The first-order chi connectivity index (χ1) is 21.9. The molecule has 0 saturated carbocycles. The van der Waals surface area contributed by atoms with Crippen LogP contribution in [0.2, 0.25) is 0 Å². The molecule has 2 N–H and O–H groups in total. The molecule has 0 aliphatic carbocycles. The van der Waals surface area contributed by atoms with E-state index in [1.807, 2.05) is 0 Å². The van der Waals surface area contributed by atoms with E-state index in [2.05, 4.69) is 17.6 Å². The summed E-state index contributed by atoms with van der Waals surface area (Å²) in [5.41, 5.74) is 0.899. The molecule has 0 spiro atoms. The van der Waals surface area contributed by atoms with Crippen molar-refractivity contribution in [2.45, 2.75) is 129 Å². The molecule has 1 unspecified atom stereocenters. The van der Waals surface area contributed by atoms with Gasteiger partial charge in [0.2, 0.25) is 11.8 Å². The van der Waals surface area contributed by atoms with E-state index in [-0.39, 0.29) is 43.2 Å². The maximum absolute atomic E-state index is 13.1. The van der Waals surface area contributed by atoms with Gasteiger partial charge in [0.1, 0.15) is 12.6 Å². The highest BCUT2D eigenvalue weighted by molar-refractivity contribution is 6.25. The Morgan fingerprint density at radius 2 is 1.44 bits per heavy atom. The SMILES string of the molecule is CCCCCCCCCCCCCCCCCC(=O)OCCOCCNc1cccc2c1C(=O)N(C1CCC(=O)NC1=O)C2=O. The van der Waals surface area contributed by atoms with Gasteiger partial charge in [-0.1, -0.05) is 103 Å². The van der Waals surface area contributed by atoms with Crippen LogP contribution in [0.5, 0.6) is 0 Å². The zero-order chi connectivity index (χ0) is 32.3. The number of fused-ring (bicyclic) bond motifs is 1. The molecule has 10 nitrogen and oxygen atoms in total. The van der Waals surface area contributed by atoms with Crippen molar-refractivity contribution in [2.24, 2.45) is 0 Å². The van der Waals surface area contributed by atoms with Crippen LogP contribution in [-0.2, 0) is 23.9 Å². The topological polar surface area (TPSA) is 131 Å². The Balaban J connectivity index is 1.17. The van der Waals surface area contributed by atoms with E-state index < -0.39 is 29.7 Å². The monoisotopic (exact) mass is 627 g/mol. The Hall–Kier alpha value is -3.27. The van der Waals surface area contributed by atoms with Gasteiger partial charge in [0, 0.05) is 25.1 Å². The average molecular weight is 628 g/mol. The van der Waals surface area contributed by atoms with Gasteiger partial charge in [-0.15, -0.1) is 0 Å². The Morgan fingerprint density at radius 1 is 0.822 bits per heavy atom. The molecule has 1 saturated heterocycles. The first-order valence-electron chi connectivity index (χ1n) is 17.3. The van der Waals surface area contributed by atoms with Crippen molar-refractivity contribution >= 4 is 35.3 Å². The van der Waals surface area contributed by atoms with Gasteiger partial charge >= 0.3 is 5.97 Å². The lowest BCUT2D eigenvalue weighted by atomic mass is 10.0. The normalized spacial score (nSPS) is 16.2. The molecule has 0 bridgehead atoms. The molecule has 1 fully saturated rings. The van der Waals surface area contributed by atoms with Crippen LogP contribution in [0.25, 0.3) is 0 Å². The zero-order valence-electron chi connectivity index (χ0n) is 27.2. The first kappa shape index (κ1) is 36.2. The molecule has 1 atom stereocenters. The number of unbranched alkanes of at least 4 members (excludes halogenated alkanes) is 14. The lowest BCUT2D eigenvalue weighted by molar-refractivity contribution is -0.145. The van der Waals surface area contributed by atoms with Crippen molar-refractivity contribution in [3.05, 3.63) is 29.3 Å². The molecule has 3 rings (SSSR count). The van der Waals surface area contributed by atoms with E-state index >= 15 is 0 Å². The van der Waals surface area contributed by atoms with Gasteiger partial charge in [0.25, 0.3) is 11.8 Å². The molecule has 0 radical (unpaired) electrons. The Kier molecular flexibility index (Phi) is 16.7. The fourth-order valence-corrected chi connectivity index (χ4v) is 5.95. The van der Waals surface area contributed by atoms with Crippen molar-refractivity contribution in [1.82, 2.24) is 10.2 Å². The maximum Gasteiger partial charge on any atom is 0.305 e. The minimum Gasteiger partial charge on any atom is -0.463 e. The van der Waals surface area contributed by atoms with Gasteiger partial charge in [-0.3, -0.25) is 34.2 Å². The number of rotatable bonds is 24. The van der Waals surface area contributed by atoms with Crippen LogP contribution in [0.3, 0.4) is 0 Å². The van der Waals surface area contributed by atoms with E-state index in [0.717, 1.165) is 17.7 Å². The molecular formula is C35H53N3O7. The predicted molar refractivity (Wildman–Crippen MR) is 173 cm³/mol. The number of nitrogens with zero attached hydrogens (tertiary/aromatic N) is 1. The number of imide groups is 2. The number of amides is 4. The number of carbonyl (C=O) groups excluding carboxylic acids is 5. The Bertz CT molecular complexity index is 1120. The number of ether oxygens (including phenoxy) is 2. The lowest BCUT2D eigenvalue weighted by Crippen LogP contribution is -2.54. The highest BCUT2D eigenvalue weighted by Gasteiger charge is 2.45. The number of carbonyl (C=O) groups is 5. The van der Waals surface area contributed by atoms with E-state index in [1.54, 1.807) is 18.2 Å². The van der Waals surface area contributed by atoms with Gasteiger partial charge in [0.05, 0.1) is 24.3 Å². The van der Waals surface area contributed by atoms with Crippen molar-refractivity contribution in [1.29, 1.82) is 0 Å². The fourth-order valence-electron chi connectivity index (χ4n) is 5.95. The second kappa shape index (κ2) is 20.7. The van der Waals surface area contributed by atoms with E-state index in [0.29, 0.717) is 25.3 Å². The van der Waals surface area contributed by atoms with E-state index in [4.69, 9.17) is 9.47 Å². The van der Waals surface area contributed by atoms with Crippen molar-refractivity contribution < 1.29 is 33.4 Å². The molecular weight excluding hydrogens is 574 g/mol. The number of benzene rings is 1. The van der Waals surface area contributed by atoms with Gasteiger partial charge in [-0.2, -0.15) is 0 Å². The summed E-state index contributed by atoms with van der Waals surface area (Å²) < 4.78 is 10.8. The minimum atomic E-state index is -1.01. The van der Waals surface area contributed by atoms with Crippen molar-refractivity contribution in [3.63, 3.8) is 0 Å². The maximum atomic E-state index is 13.1. The summed E-state index contributed by atoms with van der Waals surface area (Å²) in [4.78, 5) is 62.8. The second-order valence-corrected chi connectivity index (χ2v) is 12.1. The molecule has 45 heavy (non-hydrogen) atoms. The molecule has 0 aromatic heterocycles. The molecule has 1 aromatic rings. The number of nitrogens with one attached hydrogen (secondary N) is 2. The Morgan fingerprint density at radius 3 is 2.07 bits per heavy atom. The second-order valence-electron chi connectivity index (χ2n) is 12.1. The third-order valence-electron chi connectivity index (χ3n) is 8.51. The van der Waals surface area contributed by atoms with Gasteiger partial charge in [0.15, 0.2) is 0 Å². The van der Waals surface area contributed by atoms with Crippen LogP contribution in [0.15, 0.2) is 18.2 Å². The minimum absolute atomic E-state index is 0.0705. The van der Waals surface area contributed by atoms with Crippen LogP contribution in [0.4, 0.5) is 5.69 Å². The molecule has 10 heteroatoms. The standard InChI is InChI=1S/C35H53N3O7/c1-2-3-4-5-6-7-8-9-10-11-12-13-14-15-16-20-31(40)45-26-25-44-24-23-36-28-19-17-18-27-32(28)35(43)38(34(27)42)29-21-22-30(39)37-33(29)41/h17-19,29,36H,2-16,20-26H2,1H3,(H,37,39,41). The lowest BCUT2D eigenvalue weighted by Gasteiger charge is -2.27. The molecule has 250 valence electrons. The summed E-state index contributed by atoms with van der Waals surface area (Å²) in [5, 5.41) is 5.32. The van der Waals surface area contributed by atoms with E-state index in [9.17, 15) is 24.0 Å². The molecule has 2 heterocycles. The zero-order valence-corrected chi connectivity index (χ0v) is 27.2. The number of hydrogen-bond acceptors (Lipinski definition) is 8. The first-order valence-corrected chi connectivity index (χ1v) is 17.3. The molecule has 2 aliphatic rings. The average Bonchev–Trinajstić information content (AvgIpc) is 3.28. The van der Waals surface area contributed by atoms with Gasteiger partial charge in [-0.05, 0) is 25.0 Å². The molecule has 4 amide bonds. The smallest absolute Gasteiger partial charge is 0.305 e. The fraction of sp³-hybridized carbons (Fsp3) is 0.686. The van der Waals surface area contributed by atoms with Gasteiger partial charge < -0.3 is 14.8 Å². The molecule has 2 aliphatic heterocycles.